The van der Waals surface area contributed by atoms with Crippen LogP contribution in [0.2, 0.25) is 0 Å². The summed E-state index contributed by atoms with van der Waals surface area (Å²) in [6.07, 6.45) is 3.06. The zero-order chi connectivity index (χ0) is 17.9. The van der Waals surface area contributed by atoms with Crippen LogP contribution in [0.15, 0.2) is 0 Å². The highest BCUT2D eigenvalue weighted by atomic mass is 33.1. The molecule has 1 N–H and O–H groups in total. The van der Waals surface area contributed by atoms with Gasteiger partial charge in [-0.15, -0.1) is 8.58 Å². The first-order valence-corrected chi connectivity index (χ1v) is 11.4. The summed E-state index contributed by atoms with van der Waals surface area (Å²) in [4.78, 5) is 22.4. The molecule has 22 heavy (non-hydrogen) atoms. The lowest BCUT2D eigenvalue weighted by molar-refractivity contribution is -0.121. The molecule has 130 valence electrons. The predicted octanol–water partition coefficient (Wildman–Crippen LogP) is 4.50. The SMILES string of the molecule is [2H]C(=O)CCC(C)(C)SSCCCC(=O)NCCPC(C)(C)C. The predicted molar refractivity (Wildman–Crippen MR) is 105 cm³/mol. The second kappa shape index (κ2) is 11.8. The second-order valence-electron chi connectivity index (χ2n) is 6.94. The molecular formula is C16H32NO2PS2. The smallest absolute Gasteiger partial charge is 0.220 e. The third-order valence-electron chi connectivity index (χ3n) is 2.85. The summed E-state index contributed by atoms with van der Waals surface area (Å²) in [5, 5.41) is 3.35. The summed E-state index contributed by atoms with van der Waals surface area (Å²) in [6, 6.07) is 0. The number of carbonyl (C=O) groups excluding carboxylic acids is 2. The van der Waals surface area contributed by atoms with E-state index in [1.165, 1.54) is 0 Å². The Morgan fingerprint density at radius 1 is 1.32 bits per heavy atom. The van der Waals surface area contributed by atoms with Crippen LogP contribution >= 0.6 is 30.2 Å². The number of rotatable bonds is 12. The van der Waals surface area contributed by atoms with Crippen LogP contribution in [0.5, 0.6) is 0 Å². The Labute approximate surface area is 147 Å². The summed E-state index contributed by atoms with van der Waals surface area (Å²) in [5.41, 5.74) is 0. The lowest BCUT2D eigenvalue weighted by atomic mass is 10.1. The Hall–Kier alpha value is 0.270. The van der Waals surface area contributed by atoms with Gasteiger partial charge in [0.2, 0.25) is 5.91 Å². The zero-order valence-corrected chi connectivity index (χ0v) is 17.2. The lowest BCUT2D eigenvalue weighted by Crippen LogP contribution is -2.26. The van der Waals surface area contributed by atoms with E-state index in [-0.39, 0.29) is 10.7 Å². The van der Waals surface area contributed by atoms with Gasteiger partial charge in [0, 0.05) is 29.9 Å². The molecule has 3 nitrogen and oxygen atoms in total. The van der Waals surface area contributed by atoms with Gasteiger partial charge >= 0.3 is 0 Å². The molecular weight excluding hydrogens is 333 g/mol. The van der Waals surface area contributed by atoms with Crippen molar-refractivity contribution >= 4 is 42.3 Å². The minimum atomic E-state index is -0.493. The molecule has 1 amide bonds. The van der Waals surface area contributed by atoms with Gasteiger partial charge in [-0.3, -0.25) is 4.79 Å². The van der Waals surface area contributed by atoms with Crippen LogP contribution in [0.1, 0.15) is 61.7 Å². The van der Waals surface area contributed by atoms with Gasteiger partial charge in [0.15, 0.2) is 0 Å². The number of hydrogen-bond acceptors (Lipinski definition) is 4. The second-order valence-corrected chi connectivity index (χ2v) is 12.4. The number of hydrogen-bond donors (Lipinski definition) is 1. The van der Waals surface area contributed by atoms with Crippen LogP contribution in [0.3, 0.4) is 0 Å². The lowest BCUT2D eigenvalue weighted by Gasteiger charge is -2.21. The van der Waals surface area contributed by atoms with Gasteiger partial charge in [0.05, 0.1) is 0 Å². The Kier molecular flexibility index (Phi) is 10.9. The van der Waals surface area contributed by atoms with Gasteiger partial charge in [-0.1, -0.05) is 42.4 Å². The Balaban J connectivity index is 3.60. The Bertz CT molecular complexity index is 374. The molecule has 0 aromatic rings. The molecule has 0 aromatic heterocycles. The maximum Gasteiger partial charge on any atom is 0.220 e. The molecule has 0 rings (SSSR count). The maximum atomic E-state index is 11.7. The molecule has 1 unspecified atom stereocenters. The van der Waals surface area contributed by atoms with Crippen molar-refractivity contribution in [3.8, 4) is 0 Å². The standard InChI is InChI=1S/C16H32NO2PS2/c1-15(2,3)20-12-10-17-14(19)8-6-13-21-22-16(4,5)9-7-11-18/h11,20H,6-10,12-13H2,1-5H3,(H,17,19)/i11D. The van der Waals surface area contributed by atoms with Crippen LogP contribution in [0.25, 0.3) is 0 Å². The largest absolute Gasteiger partial charge is 0.356 e. The molecule has 0 aliphatic heterocycles. The van der Waals surface area contributed by atoms with Gasteiger partial charge in [-0.2, -0.15) is 0 Å². The first-order valence-electron chi connectivity index (χ1n) is 8.34. The van der Waals surface area contributed by atoms with Crippen molar-refractivity contribution in [3.63, 3.8) is 0 Å². The molecule has 0 aromatic carbocycles. The molecule has 0 aliphatic carbocycles. The fraction of sp³-hybridized carbons (Fsp3) is 0.875. The fourth-order valence-corrected chi connectivity index (χ4v) is 5.27. The van der Waals surface area contributed by atoms with Crippen molar-refractivity contribution in [3.05, 3.63) is 0 Å². The van der Waals surface area contributed by atoms with Crippen molar-refractivity contribution in [1.82, 2.24) is 5.32 Å². The number of carbonyl (C=O) groups is 2. The fourth-order valence-electron chi connectivity index (χ4n) is 1.61. The van der Waals surface area contributed by atoms with E-state index < -0.39 is 6.26 Å². The molecule has 0 saturated carbocycles. The summed E-state index contributed by atoms with van der Waals surface area (Å²) >= 11 is 0. The first kappa shape index (κ1) is 20.3. The monoisotopic (exact) mass is 366 g/mol. The molecule has 0 spiro atoms. The van der Waals surface area contributed by atoms with Crippen LogP contribution in [-0.4, -0.2) is 40.5 Å². The van der Waals surface area contributed by atoms with Crippen molar-refractivity contribution in [2.45, 2.75) is 70.2 Å². The summed E-state index contributed by atoms with van der Waals surface area (Å²) in [6.45, 7) is 11.6. The molecule has 1 atom stereocenters. The molecule has 0 saturated heterocycles. The quantitative estimate of drug-likeness (QED) is 0.239. The number of amides is 1. The van der Waals surface area contributed by atoms with E-state index in [4.69, 9.17) is 1.37 Å². The van der Waals surface area contributed by atoms with E-state index in [1.807, 2.05) is 0 Å². The molecule has 0 aliphatic rings. The van der Waals surface area contributed by atoms with Gasteiger partial charge < -0.3 is 10.1 Å². The molecule has 6 heteroatoms. The van der Waals surface area contributed by atoms with E-state index >= 15 is 0 Å². The van der Waals surface area contributed by atoms with E-state index in [9.17, 15) is 9.59 Å². The van der Waals surface area contributed by atoms with Crippen molar-refractivity contribution in [2.75, 3.05) is 18.5 Å². The first-order chi connectivity index (χ1) is 10.5. The maximum absolute atomic E-state index is 11.7. The Morgan fingerprint density at radius 3 is 2.59 bits per heavy atom. The van der Waals surface area contributed by atoms with E-state index in [0.29, 0.717) is 18.0 Å². The van der Waals surface area contributed by atoms with Crippen LogP contribution in [0, 0.1) is 0 Å². The van der Waals surface area contributed by atoms with E-state index in [1.54, 1.807) is 21.6 Å². The molecule has 0 bridgehead atoms. The van der Waals surface area contributed by atoms with Crippen molar-refractivity contribution < 1.29 is 11.0 Å². The van der Waals surface area contributed by atoms with Crippen molar-refractivity contribution in [2.24, 2.45) is 0 Å². The molecule has 0 heterocycles. The summed E-state index contributed by atoms with van der Waals surface area (Å²) in [5.74, 6) is 1.08. The average Bonchev–Trinajstić information content (AvgIpc) is 2.40. The van der Waals surface area contributed by atoms with Gasteiger partial charge in [-0.05, 0) is 38.0 Å². The van der Waals surface area contributed by atoms with Gasteiger partial charge in [0.25, 0.3) is 0 Å². The highest BCUT2D eigenvalue weighted by Gasteiger charge is 2.18. The third-order valence-corrected chi connectivity index (χ3v) is 7.84. The number of aldehydes is 1. The van der Waals surface area contributed by atoms with Gasteiger partial charge in [0.1, 0.15) is 7.63 Å². The van der Waals surface area contributed by atoms with E-state index in [2.05, 4.69) is 39.9 Å². The minimum Gasteiger partial charge on any atom is -0.356 e. The summed E-state index contributed by atoms with van der Waals surface area (Å²) in [7, 11) is 4.37. The average molecular weight is 367 g/mol. The van der Waals surface area contributed by atoms with E-state index in [0.717, 1.165) is 39.9 Å². The van der Waals surface area contributed by atoms with Crippen LogP contribution < -0.4 is 5.32 Å². The zero-order valence-electron chi connectivity index (χ0n) is 15.6. The highest BCUT2D eigenvalue weighted by Crippen LogP contribution is 2.38. The van der Waals surface area contributed by atoms with Crippen LogP contribution in [0.4, 0.5) is 0 Å². The minimum absolute atomic E-state index is 0.00246. The van der Waals surface area contributed by atoms with Crippen molar-refractivity contribution in [1.29, 1.82) is 0 Å². The normalized spacial score (nSPS) is 13.4. The molecule has 0 radical (unpaired) electrons. The third kappa shape index (κ3) is 15.2. The summed E-state index contributed by atoms with van der Waals surface area (Å²) < 4.78 is 6.95. The molecule has 0 fully saturated rings. The number of nitrogens with one attached hydrogen (secondary N) is 1. The highest BCUT2D eigenvalue weighted by molar-refractivity contribution is 8.77. The topological polar surface area (TPSA) is 46.2 Å². The van der Waals surface area contributed by atoms with Gasteiger partial charge in [-0.25, -0.2) is 0 Å². The van der Waals surface area contributed by atoms with Crippen LogP contribution in [-0.2, 0) is 9.59 Å². The Morgan fingerprint density at radius 2 is 2.00 bits per heavy atom.